The van der Waals surface area contributed by atoms with Gasteiger partial charge in [0.15, 0.2) is 0 Å². The summed E-state index contributed by atoms with van der Waals surface area (Å²) in [6.45, 7) is 1.73. The molecule has 2 aromatic heterocycles. The number of ether oxygens (including phenoxy) is 2. The van der Waals surface area contributed by atoms with Gasteiger partial charge < -0.3 is 14.5 Å². The van der Waals surface area contributed by atoms with Crippen LogP contribution in [0.2, 0.25) is 0 Å². The van der Waals surface area contributed by atoms with Crippen molar-refractivity contribution in [3.8, 4) is 0 Å². The fourth-order valence-corrected chi connectivity index (χ4v) is 3.23. The highest BCUT2D eigenvalue weighted by Crippen LogP contribution is 2.31. The van der Waals surface area contributed by atoms with E-state index in [1.165, 1.54) is 7.11 Å². The largest absolute Gasteiger partial charge is 0.464 e. The van der Waals surface area contributed by atoms with Crippen LogP contribution in [0.25, 0.3) is 21.8 Å². The number of benzene rings is 2. The number of fused-ring (bicyclic) bond motifs is 3. The minimum atomic E-state index is -0.673. The third-order valence-corrected chi connectivity index (χ3v) is 4.60. The molecule has 28 heavy (non-hydrogen) atoms. The highest BCUT2D eigenvalue weighted by Gasteiger charge is 2.22. The van der Waals surface area contributed by atoms with Crippen LogP contribution >= 0.6 is 0 Å². The fraction of sp³-hybridized carbons (Fsp3) is 0.136. The summed E-state index contributed by atoms with van der Waals surface area (Å²) in [5, 5.41) is 1.77. The lowest BCUT2D eigenvalue weighted by Crippen LogP contribution is -2.13. The third-order valence-electron chi connectivity index (χ3n) is 4.60. The zero-order valence-electron chi connectivity index (χ0n) is 15.4. The molecule has 1 atom stereocenters. The molecule has 0 saturated heterocycles. The molecule has 0 aliphatic rings. The monoisotopic (exact) mass is 374 g/mol. The van der Waals surface area contributed by atoms with Gasteiger partial charge in [-0.05, 0) is 31.2 Å². The molecule has 4 rings (SSSR count). The number of para-hydroxylation sites is 1. The van der Waals surface area contributed by atoms with Crippen molar-refractivity contribution < 1.29 is 19.1 Å². The average molecular weight is 374 g/mol. The minimum absolute atomic E-state index is 0.164. The van der Waals surface area contributed by atoms with Gasteiger partial charge in [-0.3, -0.25) is 0 Å². The first-order valence-electron chi connectivity index (χ1n) is 8.84. The second kappa shape index (κ2) is 7.15. The van der Waals surface area contributed by atoms with E-state index in [2.05, 4.69) is 9.97 Å². The molecule has 2 aromatic carbocycles. The molecule has 0 saturated carbocycles. The Morgan fingerprint density at radius 2 is 1.68 bits per heavy atom. The average Bonchev–Trinajstić information content (AvgIpc) is 3.11. The molecule has 6 nitrogen and oxygen atoms in total. The number of H-pyrrole nitrogens is 1. The van der Waals surface area contributed by atoms with Gasteiger partial charge in [-0.2, -0.15) is 0 Å². The number of hydrogen-bond donors (Lipinski definition) is 1. The van der Waals surface area contributed by atoms with Crippen LogP contribution < -0.4 is 0 Å². The molecule has 0 spiro atoms. The van der Waals surface area contributed by atoms with Crippen LogP contribution in [0.15, 0.2) is 60.7 Å². The van der Waals surface area contributed by atoms with E-state index in [-0.39, 0.29) is 5.69 Å². The maximum atomic E-state index is 12.5. The van der Waals surface area contributed by atoms with Crippen molar-refractivity contribution in [3.63, 3.8) is 0 Å². The Hall–Kier alpha value is -3.67. The SMILES string of the molecule is COC(=O)c1cc2c([nH]c3ccccc32)c([C@H](C)OC(=O)c2ccccc2)n1. The molecule has 6 heteroatoms. The number of esters is 2. The van der Waals surface area contributed by atoms with Gasteiger partial charge >= 0.3 is 11.9 Å². The van der Waals surface area contributed by atoms with Gasteiger partial charge in [0, 0.05) is 16.3 Å². The van der Waals surface area contributed by atoms with E-state index >= 15 is 0 Å². The van der Waals surface area contributed by atoms with E-state index in [1.807, 2.05) is 30.3 Å². The van der Waals surface area contributed by atoms with Crippen molar-refractivity contribution in [3.05, 3.63) is 77.6 Å². The van der Waals surface area contributed by atoms with Crippen molar-refractivity contribution in [2.24, 2.45) is 0 Å². The summed E-state index contributed by atoms with van der Waals surface area (Å²) in [5.74, 6) is -1.00. The van der Waals surface area contributed by atoms with Crippen LogP contribution in [0.1, 0.15) is 39.6 Å². The summed E-state index contributed by atoms with van der Waals surface area (Å²) < 4.78 is 10.5. The lowest BCUT2D eigenvalue weighted by atomic mass is 10.1. The van der Waals surface area contributed by atoms with E-state index in [0.29, 0.717) is 11.3 Å². The highest BCUT2D eigenvalue weighted by atomic mass is 16.5. The number of aromatic amines is 1. The molecule has 4 aromatic rings. The maximum absolute atomic E-state index is 12.5. The topological polar surface area (TPSA) is 81.3 Å². The molecule has 0 bridgehead atoms. The Morgan fingerprint density at radius 1 is 0.964 bits per heavy atom. The first-order valence-corrected chi connectivity index (χ1v) is 8.84. The van der Waals surface area contributed by atoms with Crippen molar-refractivity contribution in [2.45, 2.75) is 13.0 Å². The summed E-state index contributed by atoms with van der Waals surface area (Å²) in [4.78, 5) is 32.3. The highest BCUT2D eigenvalue weighted by molar-refractivity contribution is 6.09. The number of methoxy groups -OCH3 is 1. The number of rotatable bonds is 4. The van der Waals surface area contributed by atoms with Crippen LogP contribution in [-0.4, -0.2) is 29.0 Å². The van der Waals surface area contributed by atoms with E-state index in [4.69, 9.17) is 9.47 Å². The van der Waals surface area contributed by atoms with Gasteiger partial charge in [-0.15, -0.1) is 0 Å². The predicted molar refractivity (Wildman–Crippen MR) is 105 cm³/mol. The predicted octanol–water partition coefficient (Wildman–Crippen LogP) is 4.42. The molecule has 0 radical (unpaired) electrons. The van der Waals surface area contributed by atoms with Gasteiger partial charge in [0.2, 0.25) is 0 Å². The zero-order chi connectivity index (χ0) is 19.7. The van der Waals surface area contributed by atoms with E-state index < -0.39 is 18.0 Å². The number of aromatic nitrogens is 2. The lowest BCUT2D eigenvalue weighted by Gasteiger charge is -2.15. The number of pyridine rings is 1. The van der Waals surface area contributed by atoms with Crippen LogP contribution in [-0.2, 0) is 9.47 Å². The van der Waals surface area contributed by atoms with Crippen molar-refractivity contribution in [1.29, 1.82) is 0 Å². The van der Waals surface area contributed by atoms with Crippen LogP contribution in [0, 0.1) is 0 Å². The number of nitrogens with one attached hydrogen (secondary N) is 1. The molecular weight excluding hydrogens is 356 g/mol. The Labute approximate surface area is 161 Å². The Bertz CT molecular complexity index is 1180. The van der Waals surface area contributed by atoms with E-state index in [1.54, 1.807) is 37.3 Å². The Kier molecular flexibility index (Phi) is 4.53. The molecule has 2 heterocycles. The molecule has 0 fully saturated rings. The minimum Gasteiger partial charge on any atom is -0.464 e. The smallest absolute Gasteiger partial charge is 0.356 e. The number of nitrogens with zero attached hydrogens (tertiary/aromatic N) is 1. The second-order valence-corrected chi connectivity index (χ2v) is 6.39. The third kappa shape index (κ3) is 3.09. The van der Waals surface area contributed by atoms with Crippen LogP contribution in [0.4, 0.5) is 0 Å². The summed E-state index contributed by atoms with van der Waals surface area (Å²) in [5.41, 5.74) is 2.72. The van der Waals surface area contributed by atoms with Crippen LogP contribution in [0.5, 0.6) is 0 Å². The van der Waals surface area contributed by atoms with Gasteiger partial charge in [-0.25, -0.2) is 14.6 Å². The van der Waals surface area contributed by atoms with Crippen molar-refractivity contribution in [1.82, 2.24) is 9.97 Å². The summed E-state index contributed by atoms with van der Waals surface area (Å²) in [6.07, 6.45) is -0.673. The Balaban J connectivity index is 1.82. The Morgan fingerprint density at radius 3 is 2.43 bits per heavy atom. The summed E-state index contributed by atoms with van der Waals surface area (Å²) in [6, 6.07) is 18.2. The van der Waals surface area contributed by atoms with Crippen molar-refractivity contribution >= 4 is 33.7 Å². The molecule has 0 unspecified atom stereocenters. The van der Waals surface area contributed by atoms with Gasteiger partial charge in [0.05, 0.1) is 18.2 Å². The molecule has 140 valence electrons. The van der Waals surface area contributed by atoms with Gasteiger partial charge in [-0.1, -0.05) is 36.4 Å². The second-order valence-electron chi connectivity index (χ2n) is 6.39. The zero-order valence-corrected chi connectivity index (χ0v) is 15.4. The molecule has 1 N–H and O–H groups in total. The number of carbonyl (C=O) groups excluding carboxylic acids is 2. The molecule has 0 aliphatic carbocycles. The van der Waals surface area contributed by atoms with E-state index in [0.717, 1.165) is 21.8 Å². The summed E-state index contributed by atoms with van der Waals surface area (Å²) >= 11 is 0. The maximum Gasteiger partial charge on any atom is 0.356 e. The first-order chi connectivity index (χ1) is 13.6. The molecule has 0 amide bonds. The quantitative estimate of drug-likeness (QED) is 0.535. The van der Waals surface area contributed by atoms with Gasteiger partial charge in [0.25, 0.3) is 0 Å². The fourth-order valence-electron chi connectivity index (χ4n) is 3.23. The molecule has 0 aliphatic heterocycles. The van der Waals surface area contributed by atoms with Crippen LogP contribution in [0.3, 0.4) is 0 Å². The van der Waals surface area contributed by atoms with Gasteiger partial charge in [0.1, 0.15) is 17.5 Å². The number of hydrogen-bond acceptors (Lipinski definition) is 5. The lowest BCUT2D eigenvalue weighted by molar-refractivity contribution is 0.0332. The standard InChI is InChI=1S/C22H18N2O4/c1-13(28-21(25)14-8-4-3-5-9-14)19-20-16(12-18(24-19)22(26)27-2)15-10-6-7-11-17(15)23-20/h3-13,23H,1-2H3/t13-/m0/s1. The molecular formula is C22H18N2O4. The summed E-state index contributed by atoms with van der Waals surface area (Å²) in [7, 11) is 1.31. The number of carbonyl (C=O) groups is 2. The normalized spacial score (nSPS) is 12.1. The van der Waals surface area contributed by atoms with Crippen molar-refractivity contribution in [2.75, 3.05) is 7.11 Å². The van der Waals surface area contributed by atoms with E-state index in [9.17, 15) is 9.59 Å². The first kappa shape index (κ1) is 17.7.